The molecular formula is C14H32N2S. The van der Waals surface area contributed by atoms with Crippen LogP contribution in [0.3, 0.4) is 0 Å². The first-order valence-corrected chi connectivity index (χ1v) is 8.12. The summed E-state index contributed by atoms with van der Waals surface area (Å²) in [5, 5.41) is 3.45. The van der Waals surface area contributed by atoms with Crippen LogP contribution in [0.1, 0.15) is 47.5 Å². The third kappa shape index (κ3) is 7.32. The second-order valence-corrected chi connectivity index (χ2v) is 6.56. The number of likely N-dealkylation sites (N-methyl/N-ethyl adjacent to an activating group) is 1. The number of rotatable bonds is 6. The smallest absolute Gasteiger partial charge is 0.0249 e. The van der Waals surface area contributed by atoms with Crippen LogP contribution in [0.2, 0.25) is 0 Å². The first-order valence-electron chi connectivity index (χ1n) is 6.93. The van der Waals surface area contributed by atoms with E-state index in [4.69, 9.17) is 0 Å². The van der Waals surface area contributed by atoms with E-state index in [-0.39, 0.29) is 0 Å². The van der Waals surface area contributed by atoms with E-state index < -0.39 is 0 Å². The van der Waals surface area contributed by atoms with Gasteiger partial charge in [-0.25, -0.2) is 4.31 Å². The van der Waals surface area contributed by atoms with Gasteiger partial charge in [-0.1, -0.05) is 46.6 Å². The van der Waals surface area contributed by atoms with Crippen molar-refractivity contribution in [3.63, 3.8) is 0 Å². The summed E-state index contributed by atoms with van der Waals surface area (Å²) in [5.41, 5.74) is 0.340. The van der Waals surface area contributed by atoms with Gasteiger partial charge in [0.2, 0.25) is 0 Å². The molecule has 1 N–H and O–H groups in total. The molecule has 1 rings (SSSR count). The minimum Gasteiger partial charge on any atom is -0.315 e. The third-order valence-corrected chi connectivity index (χ3v) is 4.01. The van der Waals surface area contributed by atoms with E-state index in [1.807, 2.05) is 25.8 Å². The molecule has 0 bridgehead atoms. The van der Waals surface area contributed by atoms with Crippen molar-refractivity contribution in [2.75, 3.05) is 26.4 Å². The molecule has 1 aliphatic rings. The Bertz CT molecular complexity index is 185. The Morgan fingerprint density at radius 3 is 2.12 bits per heavy atom. The highest BCUT2D eigenvalue weighted by Crippen LogP contribution is 2.32. The summed E-state index contributed by atoms with van der Waals surface area (Å²) in [6, 6.07) is 0.573. The maximum atomic E-state index is 3.45. The SMILES string of the molecule is CC.CNC(CN(CC1CC1)SC)C(C)(C)C. The first-order chi connectivity index (χ1) is 7.97. The lowest BCUT2D eigenvalue weighted by Gasteiger charge is -2.34. The van der Waals surface area contributed by atoms with Crippen molar-refractivity contribution in [3.05, 3.63) is 0 Å². The quantitative estimate of drug-likeness (QED) is 0.734. The van der Waals surface area contributed by atoms with Crippen molar-refractivity contribution in [2.45, 2.75) is 53.5 Å². The molecule has 1 saturated carbocycles. The van der Waals surface area contributed by atoms with E-state index in [1.165, 1.54) is 19.4 Å². The lowest BCUT2D eigenvalue weighted by molar-refractivity contribution is 0.239. The van der Waals surface area contributed by atoms with E-state index >= 15 is 0 Å². The Hall–Kier alpha value is 0.270. The van der Waals surface area contributed by atoms with Gasteiger partial charge >= 0.3 is 0 Å². The van der Waals surface area contributed by atoms with Gasteiger partial charge in [0.05, 0.1) is 0 Å². The Balaban J connectivity index is 0.00000121. The maximum absolute atomic E-state index is 3.45. The van der Waals surface area contributed by atoms with E-state index in [1.54, 1.807) is 0 Å². The van der Waals surface area contributed by atoms with Crippen molar-refractivity contribution in [1.82, 2.24) is 9.62 Å². The first kappa shape index (κ1) is 17.3. The molecule has 0 amide bonds. The molecule has 0 spiro atoms. The monoisotopic (exact) mass is 260 g/mol. The summed E-state index contributed by atoms with van der Waals surface area (Å²) in [6.45, 7) is 13.4. The summed E-state index contributed by atoms with van der Waals surface area (Å²) >= 11 is 1.89. The molecule has 0 radical (unpaired) electrons. The third-order valence-electron chi connectivity index (χ3n) is 3.20. The van der Waals surface area contributed by atoms with Gasteiger partial charge in [0, 0.05) is 19.1 Å². The molecule has 104 valence electrons. The zero-order valence-electron chi connectivity index (χ0n) is 12.8. The fourth-order valence-electron chi connectivity index (χ4n) is 1.81. The average Bonchev–Trinajstić information content (AvgIpc) is 3.09. The maximum Gasteiger partial charge on any atom is 0.0249 e. The Morgan fingerprint density at radius 1 is 1.29 bits per heavy atom. The van der Waals surface area contributed by atoms with Gasteiger partial charge in [-0.05, 0) is 37.5 Å². The minimum atomic E-state index is 0.340. The summed E-state index contributed by atoms with van der Waals surface area (Å²) in [4.78, 5) is 0. The largest absolute Gasteiger partial charge is 0.315 e. The summed E-state index contributed by atoms with van der Waals surface area (Å²) in [5.74, 6) is 0.981. The highest BCUT2D eigenvalue weighted by atomic mass is 32.2. The fourth-order valence-corrected chi connectivity index (χ4v) is 2.47. The lowest BCUT2D eigenvalue weighted by atomic mass is 9.87. The molecule has 1 aliphatic carbocycles. The molecule has 0 aromatic carbocycles. The van der Waals surface area contributed by atoms with Crippen LogP contribution >= 0.6 is 11.9 Å². The van der Waals surface area contributed by atoms with Crippen LogP contribution in [0, 0.1) is 11.3 Å². The molecule has 0 aromatic heterocycles. The topological polar surface area (TPSA) is 15.3 Å². The summed E-state index contributed by atoms with van der Waals surface area (Å²) in [7, 11) is 2.07. The number of nitrogens with one attached hydrogen (secondary N) is 1. The highest BCUT2D eigenvalue weighted by Gasteiger charge is 2.28. The van der Waals surface area contributed by atoms with Crippen LogP contribution in [0.25, 0.3) is 0 Å². The van der Waals surface area contributed by atoms with E-state index in [0.717, 1.165) is 12.5 Å². The molecule has 0 aliphatic heterocycles. The molecule has 17 heavy (non-hydrogen) atoms. The zero-order chi connectivity index (χ0) is 13.5. The normalized spacial score (nSPS) is 17.6. The van der Waals surface area contributed by atoms with Crippen molar-refractivity contribution in [1.29, 1.82) is 0 Å². The van der Waals surface area contributed by atoms with Gasteiger partial charge in [-0.3, -0.25) is 0 Å². The molecule has 0 saturated heterocycles. The van der Waals surface area contributed by atoms with E-state index in [2.05, 4.69) is 43.7 Å². The lowest BCUT2D eigenvalue weighted by Crippen LogP contribution is -2.45. The average molecular weight is 260 g/mol. The van der Waals surface area contributed by atoms with Crippen molar-refractivity contribution < 1.29 is 0 Å². The van der Waals surface area contributed by atoms with Gasteiger partial charge in [-0.15, -0.1) is 0 Å². The number of hydrogen-bond donors (Lipinski definition) is 1. The second-order valence-electron chi connectivity index (χ2n) is 5.68. The standard InChI is InChI=1S/C12H26N2S.C2H6/c1-12(2,3)11(13-4)9-14(15-5)8-10-6-7-10;1-2/h10-11,13H,6-9H2,1-5H3;1-2H3. The van der Waals surface area contributed by atoms with Gasteiger partial charge in [-0.2, -0.15) is 0 Å². The Kier molecular flexibility index (Phi) is 8.52. The van der Waals surface area contributed by atoms with Gasteiger partial charge in [0.1, 0.15) is 0 Å². The van der Waals surface area contributed by atoms with E-state index in [9.17, 15) is 0 Å². The van der Waals surface area contributed by atoms with Crippen molar-refractivity contribution >= 4 is 11.9 Å². The second kappa shape index (κ2) is 8.39. The van der Waals surface area contributed by atoms with Gasteiger partial charge in [0.25, 0.3) is 0 Å². The number of hydrogen-bond acceptors (Lipinski definition) is 3. The van der Waals surface area contributed by atoms with E-state index in [0.29, 0.717) is 11.5 Å². The van der Waals surface area contributed by atoms with Gasteiger partial charge in [0.15, 0.2) is 0 Å². The van der Waals surface area contributed by atoms with Crippen LogP contribution in [-0.2, 0) is 0 Å². The van der Waals surface area contributed by atoms with Crippen molar-refractivity contribution in [2.24, 2.45) is 11.3 Å². The molecular weight excluding hydrogens is 228 g/mol. The zero-order valence-corrected chi connectivity index (χ0v) is 13.7. The molecule has 1 atom stereocenters. The summed E-state index contributed by atoms with van der Waals surface area (Å²) in [6.07, 6.45) is 5.07. The minimum absolute atomic E-state index is 0.340. The predicted octanol–water partition coefficient (Wildman–Crippen LogP) is 3.64. The van der Waals surface area contributed by atoms with Crippen LogP contribution in [0.4, 0.5) is 0 Å². The molecule has 0 heterocycles. The molecule has 2 nitrogen and oxygen atoms in total. The molecule has 3 heteroatoms. The van der Waals surface area contributed by atoms with Crippen molar-refractivity contribution in [3.8, 4) is 0 Å². The van der Waals surface area contributed by atoms with Crippen LogP contribution in [0.15, 0.2) is 0 Å². The predicted molar refractivity (Wildman–Crippen MR) is 81.5 cm³/mol. The molecule has 1 unspecified atom stereocenters. The fraction of sp³-hybridized carbons (Fsp3) is 1.00. The highest BCUT2D eigenvalue weighted by molar-refractivity contribution is 7.96. The summed E-state index contributed by atoms with van der Waals surface area (Å²) < 4.78 is 2.52. The van der Waals surface area contributed by atoms with Gasteiger partial charge < -0.3 is 5.32 Å². The molecule has 1 fully saturated rings. The Labute approximate surface area is 113 Å². The molecule has 0 aromatic rings. The van der Waals surface area contributed by atoms with Crippen LogP contribution in [-0.4, -0.2) is 36.7 Å². The van der Waals surface area contributed by atoms with Crippen LogP contribution < -0.4 is 5.32 Å². The Morgan fingerprint density at radius 2 is 1.82 bits per heavy atom. The number of nitrogens with zero attached hydrogens (tertiary/aromatic N) is 1. The van der Waals surface area contributed by atoms with Crippen LogP contribution in [0.5, 0.6) is 0 Å².